The number of nitro benzene ring substituents is 1. The van der Waals surface area contributed by atoms with Gasteiger partial charge in [-0.15, -0.1) is 0 Å². The summed E-state index contributed by atoms with van der Waals surface area (Å²) in [4.78, 5) is 24.6. The van der Waals surface area contributed by atoms with Gasteiger partial charge in [0.05, 0.1) is 10.8 Å². The Hall–Kier alpha value is -1.99. The summed E-state index contributed by atoms with van der Waals surface area (Å²) in [6.45, 7) is 3.61. The number of benzene rings is 1. The quantitative estimate of drug-likeness (QED) is 0.575. The molecule has 1 amide bonds. The van der Waals surface area contributed by atoms with Crippen LogP contribution in [-0.2, 0) is 11.2 Å². The molecule has 3 N–H and O–H groups in total. The van der Waals surface area contributed by atoms with Gasteiger partial charge in [0.25, 0.3) is 5.69 Å². The SMILES string of the molecule is NCCNC(=O)C1CCCN(CCc2ccc([N+](=O)[O-])cc2)C1. The van der Waals surface area contributed by atoms with Crippen molar-refractivity contribution in [2.45, 2.75) is 19.3 Å². The molecule has 1 aliphatic heterocycles. The average molecular weight is 320 g/mol. The van der Waals surface area contributed by atoms with E-state index in [0.717, 1.165) is 44.5 Å². The van der Waals surface area contributed by atoms with Crippen LogP contribution in [0.25, 0.3) is 0 Å². The molecule has 0 bridgehead atoms. The summed E-state index contributed by atoms with van der Waals surface area (Å²) in [7, 11) is 0. The van der Waals surface area contributed by atoms with Crippen LogP contribution in [0.1, 0.15) is 18.4 Å². The molecule has 23 heavy (non-hydrogen) atoms. The van der Waals surface area contributed by atoms with Crippen molar-refractivity contribution in [3.05, 3.63) is 39.9 Å². The van der Waals surface area contributed by atoms with Gasteiger partial charge in [-0.05, 0) is 31.4 Å². The maximum atomic E-state index is 12.0. The minimum Gasteiger partial charge on any atom is -0.355 e. The van der Waals surface area contributed by atoms with E-state index in [1.54, 1.807) is 12.1 Å². The minimum atomic E-state index is -0.390. The van der Waals surface area contributed by atoms with Crippen LogP contribution < -0.4 is 11.1 Å². The topological polar surface area (TPSA) is 102 Å². The van der Waals surface area contributed by atoms with Gasteiger partial charge in [0, 0.05) is 38.3 Å². The largest absolute Gasteiger partial charge is 0.355 e. The third-order valence-electron chi connectivity index (χ3n) is 4.18. The van der Waals surface area contributed by atoms with E-state index in [1.807, 2.05) is 0 Å². The Morgan fingerprint density at radius 2 is 2.13 bits per heavy atom. The van der Waals surface area contributed by atoms with Crippen molar-refractivity contribution in [1.82, 2.24) is 10.2 Å². The Balaban J connectivity index is 1.80. The molecule has 1 aliphatic rings. The normalized spacial score (nSPS) is 18.6. The van der Waals surface area contributed by atoms with Crippen molar-refractivity contribution < 1.29 is 9.72 Å². The first-order valence-corrected chi connectivity index (χ1v) is 8.03. The lowest BCUT2D eigenvalue weighted by Gasteiger charge is -2.32. The van der Waals surface area contributed by atoms with Gasteiger partial charge in [-0.3, -0.25) is 14.9 Å². The highest BCUT2D eigenvalue weighted by Gasteiger charge is 2.25. The highest BCUT2D eigenvalue weighted by molar-refractivity contribution is 5.78. The average Bonchev–Trinajstić information content (AvgIpc) is 2.58. The van der Waals surface area contributed by atoms with Gasteiger partial charge in [-0.2, -0.15) is 0 Å². The number of rotatable bonds is 7. The molecule has 0 aliphatic carbocycles. The fourth-order valence-electron chi connectivity index (χ4n) is 2.88. The molecule has 0 saturated carbocycles. The highest BCUT2D eigenvalue weighted by Crippen LogP contribution is 2.18. The maximum absolute atomic E-state index is 12.0. The van der Waals surface area contributed by atoms with E-state index in [4.69, 9.17) is 5.73 Å². The first-order chi connectivity index (χ1) is 11.1. The Labute approximate surface area is 136 Å². The molecular weight excluding hydrogens is 296 g/mol. The minimum absolute atomic E-state index is 0.0344. The van der Waals surface area contributed by atoms with E-state index >= 15 is 0 Å². The summed E-state index contributed by atoms with van der Waals surface area (Å²) >= 11 is 0. The van der Waals surface area contributed by atoms with Gasteiger partial charge in [-0.25, -0.2) is 0 Å². The van der Waals surface area contributed by atoms with E-state index in [9.17, 15) is 14.9 Å². The molecule has 1 atom stereocenters. The van der Waals surface area contributed by atoms with E-state index < -0.39 is 0 Å². The van der Waals surface area contributed by atoms with Crippen LogP contribution in [0.2, 0.25) is 0 Å². The summed E-state index contributed by atoms with van der Waals surface area (Å²) in [5, 5.41) is 13.5. The predicted octanol–water partition coefficient (Wildman–Crippen LogP) is 0.924. The second-order valence-corrected chi connectivity index (χ2v) is 5.89. The van der Waals surface area contributed by atoms with Crippen LogP contribution in [0, 0.1) is 16.0 Å². The van der Waals surface area contributed by atoms with Gasteiger partial charge in [0.15, 0.2) is 0 Å². The zero-order valence-electron chi connectivity index (χ0n) is 13.2. The smallest absolute Gasteiger partial charge is 0.269 e. The molecule has 1 saturated heterocycles. The molecule has 7 nitrogen and oxygen atoms in total. The van der Waals surface area contributed by atoms with E-state index in [0.29, 0.717) is 13.1 Å². The zero-order chi connectivity index (χ0) is 16.7. The Bertz CT molecular complexity index is 533. The molecule has 0 spiro atoms. The molecule has 1 aromatic rings. The summed E-state index contributed by atoms with van der Waals surface area (Å²) in [6.07, 6.45) is 2.76. The van der Waals surface area contributed by atoms with Crippen molar-refractivity contribution in [1.29, 1.82) is 0 Å². The first kappa shape index (κ1) is 17.4. The van der Waals surface area contributed by atoms with E-state index in [-0.39, 0.29) is 22.4 Å². The van der Waals surface area contributed by atoms with Gasteiger partial charge in [0.2, 0.25) is 5.91 Å². The predicted molar refractivity (Wildman–Crippen MR) is 88.0 cm³/mol. The number of non-ortho nitro benzene ring substituents is 1. The van der Waals surface area contributed by atoms with Crippen LogP contribution in [-0.4, -0.2) is 48.5 Å². The van der Waals surface area contributed by atoms with E-state index in [2.05, 4.69) is 10.2 Å². The van der Waals surface area contributed by atoms with Crippen molar-refractivity contribution in [3.63, 3.8) is 0 Å². The molecule has 2 rings (SSSR count). The van der Waals surface area contributed by atoms with Crippen LogP contribution in [0.4, 0.5) is 5.69 Å². The number of amides is 1. The molecule has 1 heterocycles. The number of nitrogens with two attached hydrogens (primary N) is 1. The van der Waals surface area contributed by atoms with E-state index in [1.165, 1.54) is 12.1 Å². The number of carbonyl (C=O) groups is 1. The third-order valence-corrected chi connectivity index (χ3v) is 4.18. The van der Waals surface area contributed by atoms with Crippen molar-refractivity contribution >= 4 is 11.6 Å². The number of nitrogens with one attached hydrogen (secondary N) is 1. The number of nitro groups is 1. The lowest BCUT2D eigenvalue weighted by atomic mass is 9.96. The van der Waals surface area contributed by atoms with Crippen molar-refractivity contribution in [2.75, 3.05) is 32.7 Å². The molecule has 1 fully saturated rings. The highest BCUT2D eigenvalue weighted by atomic mass is 16.6. The molecule has 7 heteroatoms. The van der Waals surface area contributed by atoms with Crippen LogP contribution in [0.5, 0.6) is 0 Å². The number of carbonyl (C=O) groups excluding carboxylic acids is 1. The summed E-state index contributed by atoms with van der Waals surface area (Å²) in [6, 6.07) is 6.67. The molecule has 1 unspecified atom stereocenters. The number of nitrogens with zero attached hydrogens (tertiary/aromatic N) is 2. The summed E-state index contributed by atoms with van der Waals surface area (Å²) in [5.74, 6) is 0.127. The monoisotopic (exact) mass is 320 g/mol. The second-order valence-electron chi connectivity index (χ2n) is 5.89. The van der Waals surface area contributed by atoms with Gasteiger partial charge in [0.1, 0.15) is 0 Å². The van der Waals surface area contributed by atoms with Crippen molar-refractivity contribution in [3.8, 4) is 0 Å². The van der Waals surface area contributed by atoms with Crippen LogP contribution >= 0.6 is 0 Å². The molecular formula is C16H24N4O3. The fraction of sp³-hybridized carbons (Fsp3) is 0.562. The van der Waals surface area contributed by atoms with Crippen molar-refractivity contribution in [2.24, 2.45) is 11.7 Å². The Morgan fingerprint density at radius 3 is 2.78 bits per heavy atom. The van der Waals surface area contributed by atoms with Crippen LogP contribution in [0.3, 0.4) is 0 Å². The van der Waals surface area contributed by atoms with Gasteiger partial charge < -0.3 is 16.0 Å². The lowest BCUT2D eigenvalue weighted by Crippen LogP contribution is -2.44. The zero-order valence-corrected chi connectivity index (χ0v) is 13.2. The number of likely N-dealkylation sites (tertiary alicyclic amines) is 1. The van der Waals surface area contributed by atoms with Gasteiger partial charge >= 0.3 is 0 Å². The third kappa shape index (κ3) is 5.30. The van der Waals surface area contributed by atoms with Gasteiger partial charge in [-0.1, -0.05) is 12.1 Å². The first-order valence-electron chi connectivity index (χ1n) is 8.03. The molecule has 0 aromatic heterocycles. The molecule has 0 radical (unpaired) electrons. The molecule has 1 aromatic carbocycles. The molecule has 126 valence electrons. The van der Waals surface area contributed by atoms with Crippen LogP contribution in [0.15, 0.2) is 24.3 Å². The number of hydrogen-bond donors (Lipinski definition) is 2. The Morgan fingerprint density at radius 1 is 1.39 bits per heavy atom. The second kappa shape index (κ2) is 8.59. The lowest BCUT2D eigenvalue weighted by molar-refractivity contribution is -0.384. The number of hydrogen-bond acceptors (Lipinski definition) is 5. The fourth-order valence-corrected chi connectivity index (χ4v) is 2.88. The standard InChI is InChI=1S/C16H24N4O3/c17-8-9-18-16(21)14-2-1-10-19(12-14)11-7-13-3-5-15(6-4-13)20(22)23/h3-6,14H,1-2,7-12,17H2,(H,18,21). The number of piperidine rings is 1. The maximum Gasteiger partial charge on any atom is 0.269 e. The summed E-state index contributed by atoms with van der Waals surface area (Å²) in [5.41, 5.74) is 6.60. The Kier molecular flexibility index (Phi) is 6.49. The summed E-state index contributed by atoms with van der Waals surface area (Å²) < 4.78 is 0.